The first-order valence-corrected chi connectivity index (χ1v) is 14.1. The largest absolute Gasteiger partial charge is 0.489 e. The van der Waals surface area contributed by atoms with Crippen molar-refractivity contribution in [2.45, 2.75) is 38.0 Å². The van der Waals surface area contributed by atoms with Crippen LogP contribution in [0.15, 0.2) is 66.7 Å². The number of carboxylic acids is 1. The number of hydrogen-bond acceptors (Lipinski definition) is 5. The molecule has 41 heavy (non-hydrogen) atoms. The van der Waals surface area contributed by atoms with Crippen LogP contribution < -0.4 is 10.1 Å². The van der Waals surface area contributed by atoms with Gasteiger partial charge in [-0.1, -0.05) is 53.5 Å². The molecule has 8 nitrogen and oxygen atoms in total. The molecule has 0 bridgehead atoms. The Kier molecular flexibility index (Phi) is 10.3. The Morgan fingerprint density at radius 2 is 1.63 bits per heavy atom. The van der Waals surface area contributed by atoms with Crippen molar-refractivity contribution < 1.29 is 24.2 Å². The average molecular weight is 599 g/mol. The maximum atomic E-state index is 12.7. The van der Waals surface area contributed by atoms with Crippen molar-refractivity contribution >= 4 is 41.0 Å². The van der Waals surface area contributed by atoms with Crippen molar-refractivity contribution in [1.82, 2.24) is 15.1 Å². The molecule has 0 aliphatic carbocycles. The number of halogens is 2. The van der Waals surface area contributed by atoms with Crippen molar-refractivity contribution in [3.63, 3.8) is 0 Å². The Balaban J connectivity index is 1.31. The van der Waals surface area contributed by atoms with Crippen LogP contribution in [0.3, 0.4) is 0 Å². The van der Waals surface area contributed by atoms with Gasteiger partial charge in [0, 0.05) is 39.2 Å². The zero-order valence-electron chi connectivity index (χ0n) is 23.0. The molecule has 4 rings (SSSR count). The van der Waals surface area contributed by atoms with E-state index in [4.69, 9.17) is 27.9 Å². The highest BCUT2D eigenvalue weighted by Gasteiger charge is 2.25. The fraction of sp³-hybridized carbons (Fsp3) is 0.323. The summed E-state index contributed by atoms with van der Waals surface area (Å²) in [4.78, 5) is 40.6. The van der Waals surface area contributed by atoms with Crippen LogP contribution in [-0.4, -0.2) is 72.0 Å². The average Bonchev–Trinajstić information content (AvgIpc) is 2.94. The van der Waals surface area contributed by atoms with E-state index in [0.29, 0.717) is 11.3 Å². The second-order valence-corrected chi connectivity index (χ2v) is 11.1. The summed E-state index contributed by atoms with van der Waals surface area (Å²) in [6, 6.07) is 18.5. The molecule has 0 spiro atoms. The van der Waals surface area contributed by atoms with E-state index in [1.165, 1.54) is 12.1 Å². The normalized spacial score (nSPS) is 16.0. The second kappa shape index (κ2) is 13.9. The van der Waals surface area contributed by atoms with Gasteiger partial charge in [-0.2, -0.15) is 0 Å². The number of likely N-dealkylation sites (tertiary alicyclic amines) is 1. The Morgan fingerprint density at radius 1 is 1.00 bits per heavy atom. The summed E-state index contributed by atoms with van der Waals surface area (Å²) in [7, 11) is 3.48. The van der Waals surface area contributed by atoms with E-state index >= 15 is 0 Å². The topological polar surface area (TPSA) is 99.2 Å². The van der Waals surface area contributed by atoms with Crippen LogP contribution in [0.5, 0.6) is 5.75 Å². The summed E-state index contributed by atoms with van der Waals surface area (Å²) in [6.45, 7) is 2.52. The molecule has 0 aromatic heterocycles. The monoisotopic (exact) mass is 597 g/mol. The highest BCUT2D eigenvalue weighted by molar-refractivity contribution is 6.39. The summed E-state index contributed by atoms with van der Waals surface area (Å²) < 4.78 is 6.25. The number of hydrogen-bond donors (Lipinski definition) is 2. The van der Waals surface area contributed by atoms with Crippen molar-refractivity contribution in [3.8, 4) is 5.75 Å². The third kappa shape index (κ3) is 8.22. The van der Waals surface area contributed by atoms with E-state index in [9.17, 15) is 19.5 Å². The van der Waals surface area contributed by atoms with Crippen molar-refractivity contribution in [2.24, 2.45) is 0 Å². The predicted octanol–water partition coefficient (Wildman–Crippen LogP) is 5.16. The molecule has 1 heterocycles. The lowest BCUT2D eigenvalue weighted by atomic mass is 10.0. The number of piperidine rings is 1. The van der Waals surface area contributed by atoms with Gasteiger partial charge in [-0.25, -0.2) is 4.79 Å². The number of aliphatic carboxylic acids is 1. The maximum Gasteiger partial charge on any atom is 0.326 e. The molecule has 2 amide bonds. The zero-order valence-corrected chi connectivity index (χ0v) is 24.5. The van der Waals surface area contributed by atoms with E-state index in [2.05, 4.69) is 10.2 Å². The number of carbonyl (C=O) groups excluding carboxylic acids is 2. The van der Waals surface area contributed by atoms with Crippen LogP contribution in [0.25, 0.3) is 0 Å². The zero-order chi connectivity index (χ0) is 29.5. The van der Waals surface area contributed by atoms with Gasteiger partial charge in [0.2, 0.25) is 0 Å². The van der Waals surface area contributed by atoms with Crippen LogP contribution in [0, 0.1) is 0 Å². The van der Waals surface area contributed by atoms with Gasteiger partial charge in [0.05, 0.1) is 15.6 Å². The number of nitrogens with one attached hydrogen (secondary N) is 1. The smallest absolute Gasteiger partial charge is 0.326 e. The number of ether oxygens (including phenoxy) is 1. The first kappa shape index (κ1) is 30.4. The molecule has 0 radical (unpaired) electrons. The summed E-state index contributed by atoms with van der Waals surface area (Å²) in [5.74, 6) is -1.12. The molecule has 0 saturated carbocycles. The fourth-order valence-electron chi connectivity index (χ4n) is 4.80. The first-order chi connectivity index (χ1) is 19.6. The molecular weight excluding hydrogens is 565 g/mol. The maximum absolute atomic E-state index is 12.7. The molecule has 1 aliphatic rings. The molecule has 1 fully saturated rings. The van der Waals surface area contributed by atoms with Gasteiger partial charge in [0.1, 0.15) is 17.9 Å². The Morgan fingerprint density at radius 3 is 2.24 bits per heavy atom. The summed E-state index contributed by atoms with van der Waals surface area (Å²) >= 11 is 12.2. The first-order valence-electron chi connectivity index (χ1n) is 13.4. The van der Waals surface area contributed by atoms with E-state index in [-0.39, 0.29) is 34.0 Å². The minimum atomic E-state index is -1.16. The van der Waals surface area contributed by atoms with Crippen molar-refractivity contribution in [1.29, 1.82) is 0 Å². The fourth-order valence-corrected chi connectivity index (χ4v) is 5.37. The Bertz CT molecular complexity index is 1360. The summed E-state index contributed by atoms with van der Waals surface area (Å²) in [5.41, 5.74) is 2.59. The lowest BCUT2D eigenvalue weighted by molar-refractivity contribution is -0.139. The number of rotatable bonds is 10. The van der Waals surface area contributed by atoms with Gasteiger partial charge >= 0.3 is 5.97 Å². The van der Waals surface area contributed by atoms with E-state index < -0.39 is 17.9 Å². The number of amides is 2. The van der Waals surface area contributed by atoms with E-state index in [1.54, 1.807) is 37.2 Å². The highest BCUT2D eigenvalue weighted by atomic mass is 35.5. The predicted molar refractivity (Wildman–Crippen MR) is 159 cm³/mol. The summed E-state index contributed by atoms with van der Waals surface area (Å²) in [6.07, 6.45) is 2.05. The molecule has 3 aromatic carbocycles. The van der Waals surface area contributed by atoms with Crippen LogP contribution in [-0.2, 0) is 17.8 Å². The lowest BCUT2D eigenvalue weighted by Gasteiger charge is -2.33. The summed E-state index contributed by atoms with van der Waals surface area (Å²) in [5, 5.41) is 12.5. The molecule has 2 atom stereocenters. The number of nitrogens with zero attached hydrogens (tertiary/aromatic N) is 2. The Labute approximate surface area is 249 Å². The quantitative estimate of drug-likeness (QED) is 0.335. The number of carboxylic acid groups (broad SMARTS) is 1. The minimum absolute atomic E-state index is 0.0146. The lowest BCUT2D eigenvalue weighted by Crippen LogP contribution is -2.42. The molecule has 3 aromatic rings. The molecule has 10 heteroatoms. The van der Waals surface area contributed by atoms with Gasteiger partial charge in [-0.15, -0.1) is 0 Å². The second-order valence-electron chi connectivity index (χ2n) is 10.3. The van der Waals surface area contributed by atoms with Crippen LogP contribution >= 0.6 is 23.2 Å². The standard InChI is InChI=1S/C31H33Cl2N3O5/c1-35(2)30(38)22-12-8-21(9-13-22)18-36-16-4-5-24(19-36)41-23-14-10-20(11-15-23)17-27(31(39)40)34-29(37)28-25(32)6-3-7-26(28)33/h3,6-15,24,27H,4-5,16-19H2,1-2H3,(H,34,37)(H,39,40)/t24-,27+/m1/s1. The van der Waals surface area contributed by atoms with E-state index in [1.807, 2.05) is 36.4 Å². The van der Waals surface area contributed by atoms with Crippen LogP contribution in [0.4, 0.5) is 0 Å². The SMILES string of the molecule is CN(C)C(=O)c1ccc(CN2CCC[C@@H](Oc3ccc(C[C@H](NC(=O)c4c(Cl)cccc4Cl)C(=O)O)cc3)C2)cc1. The molecule has 0 unspecified atom stereocenters. The molecule has 1 saturated heterocycles. The van der Waals surface area contributed by atoms with E-state index in [0.717, 1.165) is 43.6 Å². The van der Waals surface area contributed by atoms with Gasteiger partial charge < -0.3 is 20.1 Å². The molecule has 1 aliphatic heterocycles. The number of benzene rings is 3. The molecular formula is C31H33Cl2N3O5. The van der Waals surface area contributed by atoms with Crippen LogP contribution in [0.1, 0.15) is 44.7 Å². The third-order valence-corrected chi connectivity index (χ3v) is 7.56. The van der Waals surface area contributed by atoms with Gasteiger partial charge in [-0.3, -0.25) is 14.5 Å². The van der Waals surface area contributed by atoms with Gasteiger partial charge in [0.25, 0.3) is 11.8 Å². The van der Waals surface area contributed by atoms with Crippen molar-refractivity contribution in [3.05, 3.63) is 99.0 Å². The third-order valence-electron chi connectivity index (χ3n) is 6.93. The molecule has 2 N–H and O–H groups in total. The van der Waals surface area contributed by atoms with Crippen molar-refractivity contribution in [2.75, 3.05) is 27.2 Å². The molecule has 216 valence electrons. The number of carbonyl (C=O) groups is 3. The van der Waals surface area contributed by atoms with Crippen LogP contribution in [0.2, 0.25) is 10.0 Å². The van der Waals surface area contributed by atoms with Gasteiger partial charge in [-0.05, 0) is 66.9 Å². The highest BCUT2D eigenvalue weighted by Crippen LogP contribution is 2.25. The minimum Gasteiger partial charge on any atom is -0.489 e. The van der Waals surface area contributed by atoms with Gasteiger partial charge in [0.15, 0.2) is 0 Å². The Hall–Kier alpha value is -3.59.